The zero-order chi connectivity index (χ0) is 17.4. The molecular formula is C17H19ClN6O. The van der Waals surface area contributed by atoms with Gasteiger partial charge >= 0.3 is 0 Å². The molecule has 1 aliphatic rings. The van der Waals surface area contributed by atoms with Crippen LogP contribution in [0.25, 0.3) is 0 Å². The molecule has 8 heteroatoms. The van der Waals surface area contributed by atoms with E-state index in [2.05, 4.69) is 20.1 Å². The van der Waals surface area contributed by atoms with Gasteiger partial charge in [-0.15, -0.1) is 0 Å². The van der Waals surface area contributed by atoms with E-state index in [-0.39, 0.29) is 0 Å². The lowest BCUT2D eigenvalue weighted by atomic mass is 10.2. The van der Waals surface area contributed by atoms with Crippen molar-refractivity contribution in [2.75, 3.05) is 11.4 Å². The van der Waals surface area contributed by atoms with Crippen LogP contribution in [0.1, 0.15) is 29.6 Å². The first kappa shape index (κ1) is 16.1. The summed E-state index contributed by atoms with van der Waals surface area (Å²) in [4.78, 5) is 6.57. The minimum Gasteiger partial charge on any atom is -0.380 e. The Kier molecular flexibility index (Phi) is 4.19. The molecule has 3 aromatic rings. The molecular weight excluding hydrogens is 340 g/mol. The lowest BCUT2D eigenvalue weighted by Crippen LogP contribution is -2.23. The molecule has 1 N–H and O–H groups in total. The number of nitrogens with zero attached hydrogens (tertiary/aromatic N) is 6. The molecule has 0 radical (unpaired) electrons. The van der Waals surface area contributed by atoms with Crippen LogP contribution < -0.4 is 4.90 Å². The molecule has 0 aliphatic carbocycles. The first-order chi connectivity index (χ1) is 12.1. The van der Waals surface area contributed by atoms with Crippen LogP contribution in [0, 0.1) is 0 Å². The Morgan fingerprint density at radius 3 is 2.88 bits per heavy atom. The second-order valence-corrected chi connectivity index (χ2v) is 6.56. The lowest BCUT2D eigenvalue weighted by molar-refractivity contribution is 0.203. The van der Waals surface area contributed by atoms with Gasteiger partial charge in [0.1, 0.15) is 11.9 Å². The number of rotatable bonds is 3. The summed E-state index contributed by atoms with van der Waals surface area (Å²) in [6, 6.07) is 7.43. The molecule has 4 heterocycles. The number of pyridine rings is 1. The van der Waals surface area contributed by atoms with Crippen molar-refractivity contribution in [3.63, 3.8) is 0 Å². The summed E-state index contributed by atoms with van der Waals surface area (Å²) in [5.74, 6) is 0.785. The standard InChI is InChI=1S/C17H19ClN6O/c1-22-15(5-7-20-22)16(25)14-10-12-11-23(8-3-9-24(12)21-14)17-13(18)4-2-6-19-17/h2,4-7,10,16,25H,3,8-9,11H2,1H3. The molecule has 0 saturated heterocycles. The van der Waals surface area contributed by atoms with Gasteiger partial charge in [-0.1, -0.05) is 11.6 Å². The summed E-state index contributed by atoms with van der Waals surface area (Å²) >= 11 is 6.30. The van der Waals surface area contributed by atoms with Crippen LogP contribution in [0.4, 0.5) is 5.82 Å². The Morgan fingerprint density at radius 1 is 1.24 bits per heavy atom. The number of anilines is 1. The third-order valence-electron chi connectivity index (χ3n) is 4.49. The van der Waals surface area contributed by atoms with Crippen LogP contribution in [-0.2, 0) is 20.1 Å². The molecule has 0 spiro atoms. The van der Waals surface area contributed by atoms with Gasteiger partial charge in [0.2, 0.25) is 0 Å². The van der Waals surface area contributed by atoms with Crippen LogP contribution in [0.3, 0.4) is 0 Å². The van der Waals surface area contributed by atoms with Gasteiger partial charge in [-0.25, -0.2) is 4.98 Å². The van der Waals surface area contributed by atoms with E-state index < -0.39 is 6.10 Å². The van der Waals surface area contributed by atoms with Gasteiger partial charge in [0.05, 0.1) is 28.6 Å². The van der Waals surface area contributed by atoms with E-state index in [0.717, 1.165) is 36.7 Å². The highest BCUT2D eigenvalue weighted by molar-refractivity contribution is 6.32. The summed E-state index contributed by atoms with van der Waals surface area (Å²) < 4.78 is 3.63. The van der Waals surface area contributed by atoms with Crippen LogP contribution in [0.2, 0.25) is 5.02 Å². The fourth-order valence-electron chi connectivity index (χ4n) is 3.21. The van der Waals surface area contributed by atoms with Crippen molar-refractivity contribution in [1.29, 1.82) is 0 Å². The monoisotopic (exact) mass is 358 g/mol. The second-order valence-electron chi connectivity index (χ2n) is 6.15. The van der Waals surface area contributed by atoms with E-state index >= 15 is 0 Å². The highest BCUT2D eigenvalue weighted by Gasteiger charge is 2.23. The van der Waals surface area contributed by atoms with Gasteiger partial charge in [0.25, 0.3) is 0 Å². The first-order valence-electron chi connectivity index (χ1n) is 8.21. The van der Waals surface area contributed by atoms with Crippen LogP contribution in [0.15, 0.2) is 36.7 Å². The number of aliphatic hydroxyl groups is 1. The molecule has 0 aromatic carbocycles. The van der Waals surface area contributed by atoms with Crippen molar-refractivity contribution in [3.8, 4) is 0 Å². The smallest absolute Gasteiger partial charge is 0.147 e. The largest absolute Gasteiger partial charge is 0.380 e. The Balaban J connectivity index is 1.63. The van der Waals surface area contributed by atoms with Crippen molar-refractivity contribution in [2.45, 2.75) is 25.6 Å². The topological polar surface area (TPSA) is 72.0 Å². The SMILES string of the molecule is Cn1nccc1C(O)c1cc2n(n1)CCCN(c1ncccc1Cl)C2. The summed E-state index contributed by atoms with van der Waals surface area (Å²) in [6.45, 7) is 2.32. The van der Waals surface area contributed by atoms with Gasteiger partial charge in [0.15, 0.2) is 0 Å². The number of aliphatic hydroxyl groups excluding tert-OH is 1. The first-order valence-corrected chi connectivity index (χ1v) is 8.59. The summed E-state index contributed by atoms with van der Waals surface area (Å²) in [6.07, 6.45) is 3.56. The number of fused-ring (bicyclic) bond motifs is 1. The molecule has 130 valence electrons. The third kappa shape index (κ3) is 3.01. The molecule has 0 bridgehead atoms. The van der Waals surface area contributed by atoms with Gasteiger partial charge in [-0.3, -0.25) is 9.36 Å². The number of hydrogen-bond donors (Lipinski definition) is 1. The average Bonchev–Trinajstić information content (AvgIpc) is 3.16. The number of aromatic nitrogens is 5. The number of aryl methyl sites for hydroxylation is 2. The molecule has 1 unspecified atom stereocenters. The predicted molar refractivity (Wildman–Crippen MR) is 94.4 cm³/mol. The highest BCUT2D eigenvalue weighted by atomic mass is 35.5. The van der Waals surface area contributed by atoms with Crippen molar-refractivity contribution < 1.29 is 5.11 Å². The van der Waals surface area contributed by atoms with E-state index in [1.165, 1.54) is 0 Å². The molecule has 1 atom stereocenters. The fourth-order valence-corrected chi connectivity index (χ4v) is 3.45. The highest BCUT2D eigenvalue weighted by Crippen LogP contribution is 2.28. The average molecular weight is 359 g/mol. The van der Waals surface area contributed by atoms with E-state index in [4.69, 9.17) is 11.6 Å². The molecule has 25 heavy (non-hydrogen) atoms. The number of hydrogen-bond acceptors (Lipinski definition) is 5. The Morgan fingerprint density at radius 2 is 2.12 bits per heavy atom. The van der Waals surface area contributed by atoms with Crippen molar-refractivity contribution >= 4 is 17.4 Å². The Labute approximate surface area is 150 Å². The van der Waals surface area contributed by atoms with Crippen LogP contribution >= 0.6 is 11.6 Å². The summed E-state index contributed by atoms with van der Waals surface area (Å²) in [7, 11) is 1.81. The zero-order valence-corrected chi connectivity index (χ0v) is 14.6. The van der Waals surface area contributed by atoms with Crippen LogP contribution in [0.5, 0.6) is 0 Å². The molecule has 0 amide bonds. The van der Waals surface area contributed by atoms with Gasteiger partial charge in [-0.05, 0) is 30.7 Å². The molecule has 0 saturated carbocycles. The molecule has 4 rings (SSSR count). The maximum Gasteiger partial charge on any atom is 0.147 e. The molecule has 3 aromatic heterocycles. The normalized spacial score (nSPS) is 15.7. The van der Waals surface area contributed by atoms with E-state index in [1.54, 1.807) is 23.1 Å². The maximum absolute atomic E-state index is 10.6. The third-order valence-corrected chi connectivity index (χ3v) is 4.79. The maximum atomic E-state index is 10.6. The van der Waals surface area contributed by atoms with Gasteiger partial charge < -0.3 is 10.0 Å². The Bertz CT molecular complexity index is 889. The summed E-state index contributed by atoms with van der Waals surface area (Å²) in [5.41, 5.74) is 2.39. The van der Waals surface area contributed by atoms with E-state index in [1.807, 2.05) is 29.9 Å². The van der Waals surface area contributed by atoms with Gasteiger partial charge in [0, 0.05) is 32.5 Å². The molecule has 1 aliphatic heterocycles. The quantitative estimate of drug-likeness (QED) is 0.776. The molecule has 7 nitrogen and oxygen atoms in total. The molecule has 0 fully saturated rings. The summed E-state index contributed by atoms with van der Waals surface area (Å²) in [5, 5.41) is 20.0. The van der Waals surface area contributed by atoms with E-state index in [0.29, 0.717) is 17.3 Å². The lowest BCUT2D eigenvalue weighted by Gasteiger charge is -2.21. The van der Waals surface area contributed by atoms with Crippen molar-refractivity contribution in [2.24, 2.45) is 7.05 Å². The Hall–Kier alpha value is -2.38. The predicted octanol–water partition coefficient (Wildman–Crippen LogP) is 2.16. The van der Waals surface area contributed by atoms with Crippen molar-refractivity contribution in [1.82, 2.24) is 24.5 Å². The van der Waals surface area contributed by atoms with Gasteiger partial charge in [-0.2, -0.15) is 10.2 Å². The van der Waals surface area contributed by atoms with E-state index in [9.17, 15) is 5.11 Å². The minimum atomic E-state index is -0.793. The zero-order valence-electron chi connectivity index (χ0n) is 13.9. The second kappa shape index (κ2) is 6.50. The fraction of sp³-hybridized carbons (Fsp3) is 0.353. The van der Waals surface area contributed by atoms with Crippen molar-refractivity contribution in [3.05, 3.63) is 58.8 Å². The minimum absolute atomic E-state index is 0.632. The van der Waals surface area contributed by atoms with Crippen LogP contribution in [-0.4, -0.2) is 36.2 Å². The number of halogens is 1.